The average Bonchev–Trinajstić information content (AvgIpc) is 3.06. The van der Waals surface area contributed by atoms with Crippen molar-refractivity contribution in [2.75, 3.05) is 0 Å². The summed E-state index contributed by atoms with van der Waals surface area (Å²) in [7, 11) is 0. The molecule has 3 aromatic carbocycles. The largest absolute Gasteiger partial charge is 0.361 e. The van der Waals surface area contributed by atoms with Crippen LogP contribution in [-0.4, -0.2) is 4.98 Å². The SMILES string of the molecule is Cc1ccc(SC(c2ccc(Br)cc2)c2c[nH]c3ccccc23)cc1. The van der Waals surface area contributed by atoms with Crippen molar-refractivity contribution in [3.05, 3.63) is 100 Å². The molecule has 1 heterocycles. The number of para-hydroxylation sites is 1. The number of fused-ring (bicyclic) bond motifs is 1. The minimum Gasteiger partial charge on any atom is -0.361 e. The number of hydrogen-bond donors (Lipinski definition) is 1. The van der Waals surface area contributed by atoms with Gasteiger partial charge in [-0.15, -0.1) is 11.8 Å². The van der Waals surface area contributed by atoms with Crippen LogP contribution in [0.15, 0.2) is 88.4 Å². The lowest BCUT2D eigenvalue weighted by atomic mass is 10.0. The summed E-state index contributed by atoms with van der Waals surface area (Å²) in [6.07, 6.45) is 2.15. The maximum Gasteiger partial charge on any atom is 0.0614 e. The van der Waals surface area contributed by atoms with Gasteiger partial charge in [0.05, 0.1) is 5.25 Å². The second-order valence-corrected chi connectivity index (χ2v) is 8.25. The quantitative estimate of drug-likeness (QED) is 0.356. The fourth-order valence-electron chi connectivity index (χ4n) is 3.01. The number of nitrogens with one attached hydrogen (secondary N) is 1. The summed E-state index contributed by atoms with van der Waals surface area (Å²) in [5.74, 6) is 0. The highest BCUT2D eigenvalue weighted by molar-refractivity contribution is 9.10. The molecule has 1 atom stereocenters. The molecule has 25 heavy (non-hydrogen) atoms. The lowest BCUT2D eigenvalue weighted by molar-refractivity contribution is 1.16. The van der Waals surface area contributed by atoms with E-state index in [1.807, 2.05) is 11.8 Å². The fraction of sp³-hybridized carbons (Fsp3) is 0.0909. The van der Waals surface area contributed by atoms with E-state index in [4.69, 9.17) is 0 Å². The van der Waals surface area contributed by atoms with E-state index in [-0.39, 0.29) is 5.25 Å². The molecule has 0 radical (unpaired) electrons. The van der Waals surface area contributed by atoms with Crippen LogP contribution in [0.1, 0.15) is 21.9 Å². The van der Waals surface area contributed by atoms with E-state index in [2.05, 4.69) is 107 Å². The van der Waals surface area contributed by atoms with E-state index in [1.165, 1.54) is 32.5 Å². The Bertz CT molecular complexity index is 987. The van der Waals surface area contributed by atoms with Crippen LogP contribution in [0.3, 0.4) is 0 Å². The molecule has 0 fully saturated rings. The second-order valence-electron chi connectivity index (χ2n) is 6.15. The molecule has 0 saturated carbocycles. The smallest absolute Gasteiger partial charge is 0.0614 e. The first-order valence-electron chi connectivity index (χ1n) is 8.25. The Balaban J connectivity index is 1.80. The third-order valence-corrected chi connectivity index (χ3v) is 6.19. The molecule has 0 aliphatic carbocycles. The van der Waals surface area contributed by atoms with Gasteiger partial charge in [0.15, 0.2) is 0 Å². The van der Waals surface area contributed by atoms with E-state index < -0.39 is 0 Å². The lowest BCUT2D eigenvalue weighted by Crippen LogP contribution is -1.96. The summed E-state index contributed by atoms with van der Waals surface area (Å²) in [5.41, 5.74) is 5.10. The first-order chi connectivity index (χ1) is 12.2. The second kappa shape index (κ2) is 7.11. The van der Waals surface area contributed by atoms with Gasteiger partial charge < -0.3 is 4.98 Å². The van der Waals surface area contributed by atoms with E-state index in [0.717, 1.165) is 4.47 Å². The zero-order chi connectivity index (χ0) is 17.2. The molecule has 124 valence electrons. The Kier molecular flexibility index (Phi) is 4.69. The molecule has 4 aromatic rings. The zero-order valence-corrected chi connectivity index (χ0v) is 16.3. The number of aromatic amines is 1. The molecular formula is C22H18BrNS. The van der Waals surface area contributed by atoms with Gasteiger partial charge in [0.25, 0.3) is 0 Å². The maximum atomic E-state index is 3.54. The Hall–Kier alpha value is -1.97. The first kappa shape index (κ1) is 16.5. The van der Waals surface area contributed by atoms with Crippen LogP contribution in [-0.2, 0) is 0 Å². The van der Waals surface area contributed by atoms with E-state index in [1.54, 1.807) is 0 Å². The van der Waals surface area contributed by atoms with Crippen molar-refractivity contribution in [3.8, 4) is 0 Å². The van der Waals surface area contributed by atoms with Gasteiger partial charge in [-0.1, -0.05) is 64.0 Å². The van der Waals surface area contributed by atoms with E-state index in [9.17, 15) is 0 Å². The number of H-pyrrole nitrogens is 1. The summed E-state index contributed by atoms with van der Waals surface area (Å²) < 4.78 is 1.11. The first-order valence-corrected chi connectivity index (χ1v) is 9.93. The molecule has 0 aliphatic heterocycles. The standard InChI is InChI=1S/C22H18BrNS/c1-15-6-12-18(13-7-15)25-22(16-8-10-17(23)11-9-16)20-14-24-21-5-3-2-4-19(20)21/h2-14,22,24H,1H3. The molecule has 0 bridgehead atoms. The van der Waals surface area contributed by atoms with Gasteiger partial charge in [-0.2, -0.15) is 0 Å². The van der Waals surface area contributed by atoms with Crippen LogP contribution in [0.25, 0.3) is 10.9 Å². The molecule has 0 aliphatic rings. The molecule has 3 heteroatoms. The molecule has 0 spiro atoms. The maximum absolute atomic E-state index is 3.54. The van der Waals surface area contributed by atoms with Crippen molar-refractivity contribution in [2.24, 2.45) is 0 Å². The molecule has 4 rings (SSSR count). The molecule has 1 unspecified atom stereocenters. The van der Waals surface area contributed by atoms with Gasteiger partial charge in [-0.25, -0.2) is 0 Å². The number of thioether (sulfide) groups is 1. The van der Waals surface area contributed by atoms with Gasteiger partial charge in [0.2, 0.25) is 0 Å². The van der Waals surface area contributed by atoms with Crippen LogP contribution in [0.4, 0.5) is 0 Å². The van der Waals surface area contributed by atoms with Gasteiger partial charge in [-0.05, 0) is 48.4 Å². The highest BCUT2D eigenvalue weighted by atomic mass is 79.9. The minimum absolute atomic E-state index is 0.243. The lowest BCUT2D eigenvalue weighted by Gasteiger charge is -2.17. The van der Waals surface area contributed by atoms with Crippen molar-refractivity contribution in [1.82, 2.24) is 4.98 Å². The summed E-state index contributed by atoms with van der Waals surface area (Å²) in [4.78, 5) is 4.70. The molecule has 0 amide bonds. The zero-order valence-electron chi connectivity index (χ0n) is 13.9. The molecule has 1 aromatic heterocycles. The predicted octanol–water partition coefficient (Wildman–Crippen LogP) is 7.12. The van der Waals surface area contributed by atoms with Gasteiger partial charge in [-0.3, -0.25) is 0 Å². The minimum atomic E-state index is 0.243. The Morgan fingerprint density at radius 2 is 1.60 bits per heavy atom. The van der Waals surface area contributed by atoms with Crippen LogP contribution >= 0.6 is 27.7 Å². The predicted molar refractivity (Wildman–Crippen MR) is 111 cm³/mol. The number of hydrogen-bond acceptors (Lipinski definition) is 1. The Morgan fingerprint density at radius 1 is 0.880 bits per heavy atom. The van der Waals surface area contributed by atoms with Crippen LogP contribution in [0.2, 0.25) is 0 Å². The third kappa shape index (κ3) is 3.53. The van der Waals surface area contributed by atoms with Crippen LogP contribution in [0.5, 0.6) is 0 Å². The summed E-state index contributed by atoms with van der Waals surface area (Å²) in [6, 6.07) is 25.9. The Morgan fingerprint density at radius 3 is 2.36 bits per heavy atom. The molecular weight excluding hydrogens is 390 g/mol. The fourth-order valence-corrected chi connectivity index (χ4v) is 4.46. The molecule has 1 nitrogen and oxygen atoms in total. The highest BCUT2D eigenvalue weighted by Crippen LogP contribution is 2.43. The topological polar surface area (TPSA) is 15.8 Å². The van der Waals surface area contributed by atoms with Gasteiger partial charge in [0.1, 0.15) is 0 Å². The highest BCUT2D eigenvalue weighted by Gasteiger charge is 2.19. The van der Waals surface area contributed by atoms with Crippen LogP contribution in [0, 0.1) is 6.92 Å². The van der Waals surface area contributed by atoms with Crippen molar-refractivity contribution in [2.45, 2.75) is 17.1 Å². The number of halogens is 1. The van der Waals surface area contributed by atoms with Crippen molar-refractivity contribution in [3.63, 3.8) is 0 Å². The van der Waals surface area contributed by atoms with Crippen LogP contribution < -0.4 is 0 Å². The van der Waals surface area contributed by atoms with Gasteiger partial charge in [0, 0.05) is 26.5 Å². The van der Waals surface area contributed by atoms with Crippen molar-refractivity contribution in [1.29, 1.82) is 0 Å². The third-order valence-electron chi connectivity index (χ3n) is 4.35. The number of rotatable bonds is 4. The summed E-state index contributed by atoms with van der Waals surface area (Å²) in [5, 5.41) is 1.53. The number of aromatic nitrogens is 1. The number of benzene rings is 3. The van der Waals surface area contributed by atoms with Gasteiger partial charge >= 0.3 is 0 Å². The average molecular weight is 408 g/mol. The molecule has 1 N–H and O–H groups in total. The number of aryl methyl sites for hydroxylation is 1. The monoisotopic (exact) mass is 407 g/mol. The normalized spacial score (nSPS) is 12.4. The Labute approximate surface area is 160 Å². The van der Waals surface area contributed by atoms with Crippen molar-refractivity contribution >= 4 is 38.6 Å². The summed E-state index contributed by atoms with van der Waals surface area (Å²) >= 11 is 5.44. The summed E-state index contributed by atoms with van der Waals surface area (Å²) in [6.45, 7) is 2.13. The van der Waals surface area contributed by atoms with E-state index in [0.29, 0.717) is 0 Å². The van der Waals surface area contributed by atoms with Crippen molar-refractivity contribution < 1.29 is 0 Å². The van der Waals surface area contributed by atoms with E-state index >= 15 is 0 Å². The molecule has 0 saturated heterocycles.